The molecule has 1 N–H and O–H groups in total. The Bertz CT molecular complexity index is 562. The van der Waals surface area contributed by atoms with E-state index >= 15 is 0 Å². The van der Waals surface area contributed by atoms with Crippen molar-refractivity contribution in [3.8, 4) is 0 Å². The highest BCUT2D eigenvalue weighted by Gasteiger charge is 2.25. The zero-order valence-corrected chi connectivity index (χ0v) is 13.3. The molecule has 106 valence electrons. The van der Waals surface area contributed by atoms with Crippen LogP contribution >= 0.6 is 15.9 Å². The number of carbonyl (C=O) groups is 1. The van der Waals surface area contributed by atoms with Crippen LogP contribution in [0.2, 0.25) is 0 Å². The molecule has 0 aliphatic heterocycles. The zero-order valence-electron chi connectivity index (χ0n) is 10.9. The van der Waals surface area contributed by atoms with Crippen molar-refractivity contribution in [3.63, 3.8) is 0 Å². The molecule has 0 atom stereocenters. The molecular formula is C13H17BrO4S. The third kappa shape index (κ3) is 4.04. The number of aromatic carboxylic acids is 1. The smallest absolute Gasteiger partial charge is 0.337 e. The molecule has 0 saturated heterocycles. The van der Waals surface area contributed by atoms with Gasteiger partial charge in [0.1, 0.15) is 0 Å². The second-order valence-electron chi connectivity index (χ2n) is 4.41. The molecule has 19 heavy (non-hydrogen) atoms. The van der Waals surface area contributed by atoms with Gasteiger partial charge in [0.25, 0.3) is 0 Å². The molecule has 1 aromatic carbocycles. The van der Waals surface area contributed by atoms with Crippen LogP contribution in [-0.4, -0.2) is 25.2 Å². The minimum Gasteiger partial charge on any atom is -0.478 e. The second kappa shape index (κ2) is 6.52. The maximum Gasteiger partial charge on any atom is 0.337 e. The molecule has 0 saturated carbocycles. The topological polar surface area (TPSA) is 71.4 Å². The van der Waals surface area contributed by atoms with Crippen LogP contribution in [0.3, 0.4) is 0 Å². The van der Waals surface area contributed by atoms with E-state index in [4.69, 9.17) is 5.11 Å². The Hall–Kier alpha value is -0.880. The molecule has 0 unspecified atom stereocenters. The van der Waals surface area contributed by atoms with Crippen LogP contribution in [0.5, 0.6) is 0 Å². The Morgan fingerprint density at radius 1 is 1.32 bits per heavy atom. The van der Waals surface area contributed by atoms with Gasteiger partial charge in [-0.15, -0.1) is 0 Å². The average molecular weight is 349 g/mol. The van der Waals surface area contributed by atoms with Crippen LogP contribution in [0.25, 0.3) is 0 Å². The minimum atomic E-state index is -3.59. The van der Waals surface area contributed by atoms with Crippen LogP contribution in [0.15, 0.2) is 27.6 Å². The highest BCUT2D eigenvalue weighted by atomic mass is 79.9. The van der Waals surface area contributed by atoms with E-state index in [1.54, 1.807) is 0 Å². The molecule has 0 fully saturated rings. The molecule has 0 heterocycles. The van der Waals surface area contributed by atoms with Gasteiger partial charge >= 0.3 is 5.97 Å². The van der Waals surface area contributed by atoms with Gasteiger partial charge in [-0.05, 0) is 24.1 Å². The van der Waals surface area contributed by atoms with Gasteiger partial charge < -0.3 is 5.11 Å². The standard InChI is InChI=1S/C13H17BrO4S/c1-3-9(4-2)8-19(17,18)12-7-10(14)5-6-11(12)13(15)16/h5-7,9H,3-4,8H2,1-2H3,(H,15,16). The van der Waals surface area contributed by atoms with Gasteiger partial charge in [-0.25, -0.2) is 13.2 Å². The van der Waals surface area contributed by atoms with Crippen LogP contribution in [0.1, 0.15) is 37.0 Å². The zero-order chi connectivity index (χ0) is 14.6. The SMILES string of the molecule is CCC(CC)CS(=O)(=O)c1cc(Br)ccc1C(=O)O. The van der Waals surface area contributed by atoms with Crippen molar-refractivity contribution < 1.29 is 18.3 Å². The van der Waals surface area contributed by atoms with Crippen molar-refractivity contribution in [1.82, 2.24) is 0 Å². The quantitative estimate of drug-likeness (QED) is 0.855. The summed E-state index contributed by atoms with van der Waals surface area (Å²) in [6, 6.07) is 4.20. The fourth-order valence-electron chi connectivity index (χ4n) is 1.85. The summed E-state index contributed by atoms with van der Waals surface area (Å²) in [5.74, 6) is -1.20. The molecule has 0 aliphatic rings. The van der Waals surface area contributed by atoms with E-state index in [-0.39, 0.29) is 22.1 Å². The predicted molar refractivity (Wildman–Crippen MR) is 77.2 cm³/mol. The number of halogens is 1. The van der Waals surface area contributed by atoms with Crippen molar-refractivity contribution in [3.05, 3.63) is 28.2 Å². The number of sulfone groups is 1. The van der Waals surface area contributed by atoms with Crippen molar-refractivity contribution >= 4 is 31.7 Å². The van der Waals surface area contributed by atoms with Gasteiger partial charge in [0.2, 0.25) is 0 Å². The van der Waals surface area contributed by atoms with E-state index in [0.29, 0.717) is 4.47 Å². The van der Waals surface area contributed by atoms with Crippen LogP contribution in [0, 0.1) is 5.92 Å². The summed E-state index contributed by atoms with van der Waals surface area (Å²) in [7, 11) is -3.59. The Kier molecular flexibility index (Phi) is 5.55. The van der Waals surface area contributed by atoms with Crippen LogP contribution in [0.4, 0.5) is 0 Å². The largest absolute Gasteiger partial charge is 0.478 e. The number of hydrogen-bond donors (Lipinski definition) is 1. The van der Waals surface area contributed by atoms with E-state index < -0.39 is 15.8 Å². The third-order valence-corrected chi connectivity index (χ3v) is 5.53. The number of carboxylic acids is 1. The van der Waals surface area contributed by atoms with Gasteiger partial charge in [-0.3, -0.25) is 0 Å². The minimum absolute atomic E-state index is 0.0171. The Morgan fingerprint density at radius 3 is 2.37 bits per heavy atom. The first-order valence-electron chi connectivity index (χ1n) is 6.07. The fourth-order valence-corrected chi connectivity index (χ4v) is 4.44. The molecule has 1 rings (SSSR count). The summed E-state index contributed by atoms with van der Waals surface area (Å²) in [4.78, 5) is 11.0. The maximum atomic E-state index is 12.4. The Balaban J connectivity index is 3.27. The molecular weight excluding hydrogens is 332 g/mol. The van der Waals surface area contributed by atoms with Gasteiger partial charge in [-0.1, -0.05) is 42.6 Å². The first-order valence-corrected chi connectivity index (χ1v) is 8.52. The van der Waals surface area contributed by atoms with Gasteiger partial charge in [0, 0.05) is 4.47 Å². The summed E-state index contributed by atoms with van der Waals surface area (Å²) in [5.41, 5.74) is -0.172. The molecule has 1 aromatic rings. The number of carboxylic acid groups (broad SMARTS) is 1. The van der Waals surface area contributed by atoms with Crippen LogP contribution in [-0.2, 0) is 9.84 Å². The van der Waals surface area contributed by atoms with Gasteiger partial charge in [-0.2, -0.15) is 0 Å². The van der Waals surface area contributed by atoms with Gasteiger partial charge in [0.05, 0.1) is 16.2 Å². The molecule has 0 aromatic heterocycles. The fraction of sp³-hybridized carbons (Fsp3) is 0.462. The van der Waals surface area contributed by atoms with E-state index in [2.05, 4.69) is 15.9 Å². The summed E-state index contributed by atoms with van der Waals surface area (Å²) >= 11 is 3.18. The number of rotatable bonds is 6. The molecule has 0 bridgehead atoms. The Labute approximate surface area is 121 Å². The summed E-state index contributed by atoms with van der Waals surface area (Å²) in [6.07, 6.45) is 1.51. The second-order valence-corrected chi connectivity index (χ2v) is 7.33. The van der Waals surface area contributed by atoms with Crippen molar-refractivity contribution in [2.45, 2.75) is 31.6 Å². The summed E-state index contributed by atoms with van der Waals surface area (Å²) < 4.78 is 25.3. The normalized spacial score (nSPS) is 11.8. The number of benzene rings is 1. The third-order valence-electron chi connectivity index (χ3n) is 3.12. The molecule has 4 nitrogen and oxygen atoms in total. The van der Waals surface area contributed by atoms with E-state index in [0.717, 1.165) is 12.8 Å². The summed E-state index contributed by atoms with van der Waals surface area (Å²) in [5, 5.41) is 9.09. The highest BCUT2D eigenvalue weighted by molar-refractivity contribution is 9.10. The molecule has 6 heteroatoms. The lowest BCUT2D eigenvalue weighted by atomic mass is 10.1. The van der Waals surface area contributed by atoms with Gasteiger partial charge in [0.15, 0.2) is 9.84 Å². The maximum absolute atomic E-state index is 12.4. The molecule has 0 spiro atoms. The van der Waals surface area contributed by atoms with E-state index in [1.165, 1.54) is 18.2 Å². The lowest BCUT2D eigenvalue weighted by Crippen LogP contribution is -2.18. The molecule has 0 aliphatic carbocycles. The highest BCUT2D eigenvalue weighted by Crippen LogP contribution is 2.25. The van der Waals surface area contributed by atoms with E-state index in [1.807, 2.05) is 13.8 Å². The summed E-state index contributed by atoms with van der Waals surface area (Å²) in [6.45, 7) is 3.87. The number of hydrogen-bond acceptors (Lipinski definition) is 3. The van der Waals surface area contributed by atoms with Crippen molar-refractivity contribution in [2.24, 2.45) is 5.92 Å². The first kappa shape index (κ1) is 16.2. The lowest BCUT2D eigenvalue weighted by molar-refractivity contribution is 0.0692. The predicted octanol–water partition coefficient (Wildman–Crippen LogP) is 3.36. The molecule has 0 radical (unpaired) electrons. The monoisotopic (exact) mass is 348 g/mol. The van der Waals surface area contributed by atoms with Crippen LogP contribution < -0.4 is 0 Å². The first-order chi connectivity index (χ1) is 8.81. The van der Waals surface area contributed by atoms with Crippen molar-refractivity contribution in [2.75, 3.05) is 5.75 Å². The molecule has 0 amide bonds. The average Bonchev–Trinajstić information content (AvgIpc) is 2.35. The van der Waals surface area contributed by atoms with Crippen molar-refractivity contribution in [1.29, 1.82) is 0 Å². The van der Waals surface area contributed by atoms with E-state index in [9.17, 15) is 13.2 Å². The Morgan fingerprint density at radius 2 is 1.89 bits per heavy atom. The lowest BCUT2D eigenvalue weighted by Gasteiger charge is -2.14.